The Labute approximate surface area is 111 Å². The molecule has 0 saturated carbocycles. The number of hydrogen-bond donors (Lipinski definition) is 0. The fourth-order valence-electron chi connectivity index (χ4n) is 2.09. The zero-order chi connectivity index (χ0) is 14.0. The van der Waals surface area contributed by atoms with Gasteiger partial charge in [-0.1, -0.05) is 18.2 Å². The van der Waals surface area contributed by atoms with Crippen LogP contribution in [-0.4, -0.2) is 17.6 Å². The molecule has 19 heavy (non-hydrogen) atoms. The highest BCUT2D eigenvalue weighted by Crippen LogP contribution is 2.17. The Hall–Kier alpha value is -2.36. The second-order valence-corrected chi connectivity index (χ2v) is 4.36. The van der Waals surface area contributed by atoms with Crippen LogP contribution in [0.4, 0.5) is 0 Å². The summed E-state index contributed by atoms with van der Waals surface area (Å²) >= 11 is 0. The van der Waals surface area contributed by atoms with Crippen LogP contribution in [-0.2, 0) is 4.74 Å². The van der Waals surface area contributed by atoms with Gasteiger partial charge in [0, 0.05) is 12.3 Å². The van der Waals surface area contributed by atoms with Crippen LogP contribution in [0.5, 0.6) is 0 Å². The van der Waals surface area contributed by atoms with Gasteiger partial charge in [0.1, 0.15) is 0 Å². The number of aromatic nitrogens is 1. The molecule has 1 aromatic heterocycles. The van der Waals surface area contributed by atoms with Crippen LogP contribution in [0.1, 0.15) is 21.5 Å². The largest absolute Gasteiger partial charge is 0.465 e. The smallest absolute Gasteiger partial charge is 0.339 e. The fourth-order valence-corrected chi connectivity index (χ4v) is 2.09. The van der Waals surface area contributed by atoms with Gasteiger partial charge in [0.05, 0.1) is 18.4 Å². The van der Waals surface area contributed by atoms with E-state index in [9.17, 15) is 9.59 Å². The van der Waals surface area contributed by atoms with Crippen LogP contribution in [0, 0.1) is 13.8 Å². The maximum Gasteiger partial charge on any atom is 0.339 e. The summed E-state index contributed by atoms with van der Waals surface area (Å²) in [7, 11) is 1.32. The molecule has 1 heterocycles. The van der Waals surface area contributed by atoms with Crippen LogP contribution < -0.4 is 5.56 Å². The number of hydrogen-bond acceptors (Lipinski definition) is 3. The van der Waals surface area contributed by atoms with Gasteiger partial charge in [-0.3, -0.25) is 9.36 Å². The van der Waals surface area contributed by atoms with Gasteiger partial charge in [0.15, 0.2) is 0 Å². The molecule has 2 aromatic rings. The van der Waals surface area contributed by atoms with Gasteiger partial charge in [0.2, 0.25) is 0 Å². The number of carbonyl (C=O) groups is 1. The highest BCUT2D eigenvalue weighted by Gasteiger charge is 2.11. The van der Waals surface area contributed by atoms with E-state index in [1.54, 1.807) is 0 Å². The third kappa shape index (κ3) is 2.42. The van der Waals surface area contributed by atoms with Crippen molar-refractivity contribution in [2.75, 3.05) is 7.11 Å². The molecule has 0 N–H and O–H groups in total. The SMILES string of the molecule is COC(=O)c1ccc(=O)n(-c2c(C)cccc2C)c1. The molecule has 4 nitrogen and oxygen atoms in total. The van der Waals surface area contributed by atoms with E-state index in [1.807, 2.05) is 32.0 Å². The van der Waals surface area contributed by atoms with Crippen LogP contribution in [0.15, 0.2) is 41.3 Å². The van der Waals surface area contributed by atoms with Crippen LogP contribution in [0.2, 0.25) is 0 Å². The highest BCUT2D eigenvalue weighted by atomic mass is 16.5. The van der Waals surface area contributed by atoms with Crippen molar-refractivity contribution in [3.05, 3.63) is 63.6 Å². The number of carbonyl (C=O) groups excluding carboxylic acids is 1. The molecule has 0 aliphatic carbocycles. The molecular weight excluding hydrogens is 242 g/mol. The minimum absolute atomic E-state index is 0.176. The van der Waals surface area contributed by atoms with E-state index >= 15 is 0 Å². The van der Waals surface area contributed by atoms with Crippen LogP contribution in [0.3, 0.4) is 0 Å². The number of methoxy groups -OCH3 is 1. The number of rotatable bonds is 2. The normalized spacial score (nSPS) is 10.3. The Morgan fingerprint density at radius 2 is 1.74 bits per heavy atom. The van der Waals surface area contributed by atoms with Gasteiger partial charge < -0.3 is 4.74 Å². The Bertz CT molecular complexity index is 666. The quantitative estimate of drug-likeness (QED) is 0.775. The lowest BCUT2D eigenvalue weighted by molar-refractivity contribution is 0.0600. The maximum absolute atomic E-state index is 12.0. The average molecular weight is 257 g/mol. The minimum atomic E-state index is -0.458. The molecule has 4 heteroatoms. The Morgan fingerprint density at radius 1 is 1.11 bits per heavy atom. The van der Waals surface area contributed by atoms with Crippen molar-refractivity contribution in [2.45, 2.75) is 13.8 Å². The lowest BCUT2D eigenvalue weighted by Crippen LogP contribution is -2.20. The molecule has 0 aliphatic heterocycles. The first-order chi connectivity index (χ1) is 9.04. The number of aryl methyl sites for hydroxylation is 2. The van der Waals surface area contributed by atoms with E-state index in [0.717, 1.165) is 16.8 Å². The Kier molecular flexibility index (Phi) is 3.51. The highest BCUT2D eigenvalue weighted by molar-refractivity contribution is 5.89. The monoisotopic (exact) mass is 257 g/mol. The van der Waals surface area contributed by atoms with Crippen molar-refractivity contribution < 1.29 is 9.53 Å². The minimum Gasteiger partial charge on any atom is -0.465 e. The summed E-state index contributed by atoms with van der Waals surface area (Å²) in [5.74, 6) is -0.458. The van der Waals surface area contributed by atoms with E-state index in [1.165, 1.54) is 30.0 Å². The van der Waals surface area contributed by atoms with E-state index < -0.39 is 5.97 Å². The summed E-state index contributed by atoms with van der Waals surface area (Å²) in [5.41, 5.74) is 2.93. The third-order valence-electron chi connectivity index (χ3n) is 3.01. The molecule has 0 atom stereocenters. The molecule has 98 valence electrons. The van der Waals surface area contributed by atoms with E-state index in [4.69, 9.17) is 0 Å². The second-order valence-electron chi connectivity index (χ2n) is 4.36. The molecule has 0 saturated heterocycles. The summed E-state index contributed by atoms with van der Waals surface area (Å²) in [6, 6.07) is 8.64. The van der Waals surface area contributed by atoms with Crippen molar-refractivity contribution in [2.24, 2.45) is 0 Å². The van der Waals surface area contributed by atoms with Gasteiger partial charge in [-0.25, -0.2) is 4.79 Å². The van der Waals surface area contributed by atoms with Crippen molar-refractivity contribution in [1.82, 2.24) is 4.57 Å². The van der Waals surface area contributed by atoms with Crippen LogP contribution >= 0.6 is 0 Å². The molecule has 0 radical (unpaired) electrons. The number of para-hydroxylation sites is 1. The van der Waals surface area contributed by atoms with Crippen molar-refractivity contribution >= 4 is 5.97 Å². The third-order valence-corrected chi connectivity index (χ3v) is 3.01. The summed E-state index contributed by atoms with van der Waals surface area (Å²) < 4.78 is 6.16. The van der Waals surface area contributed by atoms with Gasteiger partial charge in [0.25, 0.3) is 5.56 Å². The number of esters is 1. The summed E-state index contributed by atoms with van der Waals surface area (Å²) in [6.07, 6.45) is 1.52. The maximum atomic E-state index is 12.0. The predicted molar refractivity (Wildman–Crippen MR) is 72.9 cm³/mol. The average Bonchev–Trinajstić information content (AvgIpc) is 2.39. The lowest BCUT2D eigenvalue weighted by Gasteiger charge is -2.13. The molecular formula is C15H15NO3. The predicted octanol–water partition coefficient (Wildman–Crippen LogP) is 2.24. The number of pyridine rings is 1. The molecule has 1 aromatic carbocycles. The number of benzene rings is 1. The second kappa shape index (κ2) is 5.10. The Morgan fingerprint density at radius 3 is 2.32 bits per heavy atom. The van der Waals surface area contributed by atoms with Gasteiger partial charge in [-0.15, -0.1) is 0 Å². The molecule has 0 amide bonds. The lowest BCUT2D eigenvalue weighted by atomic mass is 10.1. The number of nitrogens with zero attached hydrogens (tertiary/aromatic N) is 1. The Balaban J connectivity index is 2.68. The first-order valence-electron chi connectivity index (χ1n) is 5.92. The molecule has 0 aliphatic rings. The molecule has 2 rings (SSSR count). The van der Waals surface area contributed by atoms with Gasteiger partial charge >= 0.3 is 5.97 Å². The van der Waals surface area contributed by atoms with Crippen LogP contribution in [0.25, 0.3) is 5.69 Å². The summed E-state index contributed by atoms with van der Waals surface area (Å²) in [4.78, 5) is 23.5. The first-order valence-corrected chi connectivity index (χ1v) is 5.92. The first kappa shape index (κ1) is 13.1. The summed E-state index contributed by atoms with van der Waals surface area (Å²) in [5, 5.41) is 0. The summed E-state index contributed by atoms with van der Waals surface area (Å²) in [6.45, 7) is 3.86. The molecule has 0 bridgehead atoms. The topological polar surface area (TPSA) is 48.3 Å². The fraction of sp³-hybridized carbons (Fsp3) is 0.200. The molecule has 0 spiro atoms. The zero-order valence-corrected chi connectivity index (χ0v) is 11.1. The van der Waals surface area contributed by atoms with E-state index in [2.05, 4.69) is 4.74 Å². The van der Waals surface area contributed by atoms with Gasteiger partial charge in [-0.2, -0.15) is 0 Å². The van der Waals surface area contributed by atoms with E-state index in [0.29, 0.717) is 5.56 Å². The zero-order valence-electron chi connectivity index (χ0n) is 11.1. The molecule has 0 fully saturated rings. The van der Waals surface area contributed by atoms with Crippen molar-refractivity contribution in [3.8, 4) is 5.69 Å². The van der Waals surface area contributed by atoms with Crippen molar-refractivity contribution in [1.29, 1.82) is 0 Å². The van der Waals surface area contributed by atoms with Gasteiger partial charge in [-0.05, 0) is 31.0 Å². The number of ether oxygens (including phenoxy) is 1. The van der Waals surface area contributed by atoms with Crippen molar-refractivity contribution in [3.63, 3.8) is 0 Å². The standard InChI is InChI=1S/C15H15NO3/c1-10-5-4-6-11(2)14(10)16-9-12(15(18)19-3)7-8-13(16)17/h4-9H,1-3H3. The molecule has 0 unspecified atom stereocenters. The van der Waals surface area contributed by atoms with E-state index in [-0.39, 0.29) is 5.56 Å².